The molecule has 0 aromatic heterocycles. The average Bonchev–Trinajstić information content (AvgIpc) is 2.80. The zero-order chi connectivity index (χ0) is 15.7. The molecular formula is C17H22ClNO2S. The summed E-state index contributed by atoms with van der Waals surface area (Å²) in [6, 6.07) is 8.76. The average molecular weight is 340 g/mol. The van der Waals surface area contributed by atoms with Gasteiger partial charge in [0, 0.05) is 35.3 Å². The Morgan fingerprint density at radius 1 is 1.36 bits per heavy atom. The molecule has 4 atom stereocenters. The van der Waals surface area contributed by atoms with E-state index >= 15 is 0 Å². The molecule has 2 aliphatic rings. The van der Waals surface area contributed by atoms with Gasteiger partial charge in [0.2, 0.25) is 0 Å². The van der Waals surface area contributed by atoms with Crippen LogP contribution in [0.2, 0.25) is 5.02 Å². The maximum Gasteiger partial charge on any atom is 0.310 e. The number of hydrogen-bond acceptors (Lipinski definition) is 4. The Morgan fingerprint density at radius 2 is 2.09 bits per heavy atom. The number of piperidine rings is 1. The zero-order valence-electron chi connectivity index (χ0n) is 12.7. The number of esters is 1. The van der Waals surface area contributed by atoms with E-state index in [0.717, 1.165) is 36.6 Å². The van der Waals surface area contributed by atoms with Gasteiger partial charge in [0.05, 0.1) is 13.0 Å². The quantitative estimate of drug-likeness (QED) is 0.673. The third kappa shape index (κ3) is 2.89. The van der Waals surface area contributed by atoms with Crippen molar-refractivity contribution in [3.8, 4) is 0 Å². The van der Waals surface area contributed by atoms with Crippen molar-refractivity contribution in [2.75, 3.05) is 19.4 Å². The van der Waals surface area contributed by atoms with Crippen LogP contribution < -0.4 is 0 Å². The maximum absolute atomic E-state index is 12.5. The first-order valence-electron chi connectivity index (χ1n) is 7.85. The second kappa shape index (κ2) is 6.81. The Morgan fingerprint density at radius 3 is 2.73 bits per heavy atom. The smallest absolute Gasteiger partial charge is 0.310 e. The van der Waals surface area contributed by atoms with Crippen LogP contribution in [0, 0.1) is 5.92 Å². The largest absolute Gasteiger partial charge is 0.469 e. The number of fused-ring (bicyclic) bond motifs is 2. The predicted molar refractivity (Wildman–Crippen MR) is 91.7 cm³/mol. The molecule has 0 N–H and O–H groups in total. The summed E-state index contributed by atoms with van der Waals surface area (Å²) < 4.78 is 5.13. The lowest BCUT2D eigenvalue weighted by molar-refractivity contribution is -0.150. The fourth-order valence-corrected chi connectivity index (χ4v) is 4.64. The van der Waals surface area contributed by atoms with E-state index in [-0.39, 0.29) is 23.8 Å². The lowest BCUT2D eigenvalue weighted by Gasteiger charge is -2.43. The molecule has 5 heteroatoms. The first-order chi connectivity index (χ1) is 10.7. The lowest BCUT2D eigenvalue weighted by Crippen LogP contribution is -2.51. The van der Waals surface area contributed by atoms with Gasteiger partial charge in [-0.3, -0.25) is 9.69 Å². The summed E-state index contributed by atoms with van der Waals surface area (Å²) in [5.74, 6) is 0.865. The Kier molecular flexibility index (Phi) is 5.00. The molecule has 120 valence electrons. The third-order valence-corrected chi connectivity index (χ3v) is 5.65. The summed E-state index contributed by atoms with van der Waals surface area (Å²) in [5, 5.41) is 0.730. The fourth-order valence-electron chi connectivity index (χ4n) is 4.29. The summed E-state index contributed by atoms with van der Waals surface area (Å²) in [4.78, 5) is 14.9. The normalized spacial score (nSPS) is 31.2. The second-order valence-electron chi connectivity index (χ2n) is 6.20. The number of methoxy groups -OCH3 is 1. The van der Waals surface area contributed by atoms with Gasteiger partial charge in [-0.25, -0.2) is 0 Å². The van der Waals surface area contributed by atoms with E-state index in [1.807, 2.05) is 12.1 Å². The third-order valence-electron chi connectivity index (χ3n) is 5.19. The number of carbonyl (C=O) groups is 1. The Labute approximate surface area is 142 Å². The van der Waals surface area contributed by atoms with Crippen LogP contribution in [0.4, 0.5) is 0 Å². The number of halogens is 1. The Hall–Kier alpha value is -0.710. The van der Waals surface area contributed by atoms with Crippen molar-refractivity contribution >= 4 is 30.2 Å². The molecule has 0 radical (unpaired) electrons. The second-order valence-corrected chi connectivity index (χ2v) is 7.09. The van der Waals surface area contributed by atoms with Crippen LogP contribution >= 0.6 is 24.2 Å². The van der Waals surface area contributed by atoms with Gasteiger partial charge < -0.3 is 4.74 Å². The zero-order valence-corrected chi connectivity index (χ0v) is 14.4. The van der Waals surface area contributed by atoms with Gasteiger partial charge in [-0.15, -0.1) is 0 Å². The number of nitrogens with zero attached hydrogens (tertiary/aromatic N) is 1. The maximum atomic E-state index is 12.5. The molecular weight excluding hydrogens is 318 g/mol. The fraction of sp³-hybridized carbons (Fsp3) is 0.588. The number of benzene rings is 1. The highest BCUT2D eigenvalue weighted by Gasteiger charge is 2.50. The molecule has 2 bridgehead atoms. The van der Waals surface area contributed by atoms with Gasteiger partial charge in [-0.05, 0) is 37.0 Å². The topological polar surface area (TPSA) is 29.5 Å². The molecule has 0 saturated carbocycles. The van der Waals surface area contributed by atoms with Crippen LogP contribution in [0.25, 0.3) is 0 Å². The van der Waals surface area contributed by atoms with Crippen molar-refractivity contribution in [1.82, 2.24) is 4.90 Å². The molecule has 2 aliphatic heterocycles. The number of thiol groups is 1. The van der Waals surface area contributed by atoms with Crippen molar-refractivity contribution in [3.63, 3.8) is 0 Å². The number of carbonyl (C=O) groups excluding carboxylic acids is 1. The van der Waals surface area contributed by atoms with E-state index in [1.54, 1.807) is 0 Å². The molecule has 1 aromatic carbocycles. The monoisotopic (exact) mass is 339 g/mol. The van der Waals surface area contributed by atoms with E-state index in [0.29, 0.717) is 6.04 Å². The standard InChI is InChI=1S/C17H22ClNO2S/c1-21-17(20)16-14(11-2-4-12(18)5-3-11)10-13-6-7-15(16)19(13)8-9-22/h2-5,13-16,22H,6-10H2,1H3/t13-,14+,15+,16-/m0/s1. The van der Waals surface area contributed by atoms with Crippen LogP contribution in [0.1, 0.15) is 30.7 Å². The molecule has 2 fully saturated rings. The van der Waals surface area contributed by atoms with Crippen molar-refractivity contribution in [2.45, 2.75) is 37.3 Å². The van der Waals surface area contributed by atoms with Gasteiger partial charge in [-0.2, -0.15) is 12.6 Å². The molecule has 0 spiro atoms. The first-order valence-corrected chi connectivity index (χ1v) is 8.86. The van der Waals surface area contributed by atoms with Crippen LogP contribution in [-0.4, -0.2) is 42.4 Å². The number of ether oxygens (including phenoxy) is 1. The first kappa shape index (κ1) is 16.2. The molecule has 2 saturated heterocycles. The van der Waals surface area contributed by atoms with E-state index in [2.05, 4.69) is 29.7 Å². The van der Waals surface area contributed by atoms with Crippen molar-refractivity contribution in [2.24, 2.45) is 5.92 Å². The van der Waals surface area contributed by atoms with Crippen LogP contribution in [-0.2, 0) is 9.53 Å². The van der Waals surface area contributed by atoms with Gasteiger partial charge in [0.1, 0.15) is 0 Å². The Balaban J connectivity index is 1.92. The lowest BCUT2D eigenvalue weighted by atomic mass is 9.76. The summed E-state index contributed by atoms with van der Waals surface area (Å²) in [6.45, 7) is 0.944. The van der Waals surface area contributed by atoms with Crippen LogP contribution in [0.5, 0.6) is 0 Å². The SMILES string of the molecule is COC(=O)[C@H]1[C@@H](c2ccc(Cl)cc2)C[C@@H]2CC[C@H]1N2CCS. The molecule has 0 unspecified atom stereocenters. The summed E-state index contributed by atoms with van der Waals surface area (Å²) in [7, 11) is 1.49. The van der Waals surface area contributed by atoms with Crippen molar-refractivity contribution in [1.29, 1.82) is 0 Å². The minimum atomic E-state index is -0.0928. The molecule has 2 heterocycles. The molecule has 3 nitrogen and oxygen atoms in total. The van der Waals surface area contributed by atoms with E-state index in [4.69, 9.17) is 16.3 Å². The van der Waals surface area contributed by atoms with E-state index < -0.39 is 0 Å². The summed E-state index contributed by atoms with van der Waals surface area (Å²) in [6.07, 6.45) is 3.24. The number of hydrogen-bond donors (Lipinski definition) is 1. The van der Waals surface area contributed by atoms with Crippen LogP contribution in [0.3, 0.4) is 0 Å². The van der Waals surface area contributed by atoms with E-state index in [9.17, 15) is 4.79 Å². The van der Waals surface area contributed by atoms with Crippen molar-refractivity contribution in [3.05, 3.63) is 34.9 Å². The minimum Gasteiger partial charge on any atom is -0.469 e. The molecule has 3 rings (SSSR count). The van der Waals surface area contributed by atoms with Gasteiger partial charge in [0.25, 0.3) is 0 Å². The highest BCUT2D eigenvalue weighted by atomic mass is 35.5. The minimum absolute atomic E-state index is 0.0885. The Bertz CT molecular complexity index is 536. The highest BCUT2D eigenvalue weighted by molar-refractivity contribution is 7.80. The number of rotatable bonds is 4. The molecule has 0 amide bonds. The summed E-state index contributed by atoms with van der Waals surface area (Å²) in [5.41, 5.74) is 1.20. The molecule has 0 aliphatic carbocycles. The van der Waals surface area contributed by atoms with Crippen LogP contribution in [0.15, 0.2) is 24.3 Å². The van der Waals surface area contributed by atoms with Gasteiger partial charge >= 0.3 is 5.97 Å². The summed E-state index contributed by atoms with van der Waals surface area (Å²) >= 11 is 10.4. The molecule has 1 aromatic rings. The van der Waals surface area contributed by atoms with Gasteiger partial charge in [-0.1, -0.05) is 23.7 Å². The van der Waals surface area contributed by atoms with Gasteiger partial charge in [0.15, 0.2) is 0 Å². The van der Waals surface area contributed by atoms with E-state index in [1.165, 1.54) is 12.7 Å². The molecule has 22 heavy (non-hydrogen) atoms. The van der Waals surface area contributed by atoms with Crippen molar-refractivity contribution < 1.29 is 9.53 Å². The predicted octanol–water partition coefficient (Wildman–Crippen LogP) is 3.38. The highest BCUT2D eigenvalue weighted by Crippen LogP contribution is 2.47.